The Balaban J connectivity index is 1.52. The van der Waals surface area contributed by atoms with Gasteiger partial charge in [-0.2, -0.15) is 0 Å². The van der Waals surface area contributed by atoms with Crippen molar-refractivity contribution in [1.82, 2.24) is 14.8 Å². The van der Waals surface area contributed by atoms with E-state index in [1.807, 2.05) is 49.7 Å². The Morgan fingerprint density at radius 1 is 1.13 bits per heavy atom. The lowest BCUT2D eigenvalue weighted by molar-refractivity contribution is 0.290. The predicted octanol–water partition coefficient (Wildman–Crippen LogP) is 5.06. The van der Waals surface area contributed by atoms with Gasteiger partial charge in [-0.3, -0.25) is 0 Å². The minimum Gasteiger partial charge on any atom is -0.484 e. The highest BCUT2D eigenvalue weighted by Crippen LogP contribution is 2.28. The van der Waals surface area contributed by atoms with Crippen LogP contribution in [-0.2, 0) is 19.4 Å². The highest BCUT2D eigenvalue weighted by Gasteiger charge is 2.13. The van der Waals surface area contributed by atoms with Crippen LogP contribution < -0.4 is 10.4 Å². The third-order valence-electron chi connectivity index (χ3n) is 4.92. The van der Waals surface area contributed by atoms with Gasteiger partial charge in [0, 0.05) is 24.3 Å². The Labute approximate surface area is 182 Å². The van der Waals surface area contributed by atoms with Crippen molar-refractivity contribution in [2.75, 3.05) is 0 Å². The Hall–Kier alpha value is -2.77. The lowest BCUT2D eigenvalue weighted by Gasteiger charge is -2.09. The van der Waals surface area contributed by atoms with E-state index in [9.17, 15) is 4.79 Å². The van der Waals surface area contributed by atoms with Crippen LogP contribution in [0.3, 0.4) is 0 Å². The van der Waals surface area contributed by atoms with Crippen molar-refractivity contribution in [1.29, 1.82) is 0 Å². The molecule has 0 bridgehead atoms. The van der Waals surface area contributed by atoms with E-state index in [1.165, 1.54) is 11.8 Å². The van der Waals surface area contributed by atoms with E-state index in [1.54, 1.807) is 12.1 Å². The SMILES string of the molecule is Cc1cc2oc(=O)cc(CSc3nnc(COc4ccccc4Cl)n3C)c2cc1C. The lowest BCUT2D eigenvalue weighted by Crippen LogP contribution is -2.05. The first-order valence-corrected chi connectivity index (χ1v) is 10.7. The zero-order valence-corrected chi connectivity index (χ0v) is 18.4. The molecule has 0 spiro atoms. The maximum Gasteiger partial charge on any atom is 0.336 e. The smallest absolute Gasteiger partial charge is 0.336 e. The summed E-state index contributed by atoms with van der Waals surface area (Å²) in [7, 11) is 1.89. The van der Waals surface area contributed by atoms with Crippen LogP contribution in [0.1, 0.15) is 22.5 Å². The van der Waals surface area contributed by atoms with Gasteiger partial charge in [-0.15, -0.1) is 10.2 Å². The number of fused-ring (bicyclic) bond motifs is 1. The molecule has 154 valence electrons. The van der Waals surface area contributed by atoms with Crippen LogP contribution in [0.25, 0.3) is 11.0 Å². The highest BCUT2D eigenvalue weighted by atomic mass is 35.5. The van der Waals surface area contributed by atoms with Crippen molar-refractivity contribution in [3.8, 4) is 5.75 Å². The maximum absolute atomic E-state index is 12.0. The third-order valence-corrected chi connectivity index (χ3v) is 6.30. The molecule has 0 N–H and O–H groups in total. The number of hydrogen-bond acceptors (Lipinski definition) is 6. The normalized spacial score (nSPS) is 11.2. The molecule has 6 nitrogen and oxygen atoms in total. The number of para-hydroxylation sites is 1. The van der Waals surface area contributed by atoms with Gasteiger partial charge in [0.15, 0.2) is 11.0 Å². The van der Waals surface area contributed by atoms with E-state index in [4.69, 9.17) is 20.8 Å². The standard InChI is InChI=1S/C22H20ClN3O3S/c1-13-8-16-15(10-21(27)29-19(16)9-14(13)2)12-30-22-25-24-20(26(22)3)11-28-18-7-5-4-6-17(18)23/h4-10H,11-12H2,1-3H3. The molecule has 0 fully saturated rings. The van der Waals surface area contributed by atoms with Crippen LogP contribution in [0.5, 0.6) is 5.75 Å². The summed E-state index contributed by atoms with van der Waals surface area (Å²) in [6.07, 6.45) is 0. The van der Waals surface area contributed by atoms with Crippen LogP contribution in [0.4, 0.5) is 0 Å². The number of benzene rings is 2. The Morgan fingerprint density at radius 3 is 2.70 bits per heavy atom. The van der Waals surface area contributed by atoms with Gasteiger partial charge in [0.2, 0.25) is 0 Å². The largest absolute Gasteiger partial charge is 0.484 e. The molecule has 2 aromatic heterocycles. The van der Waals surface area contributed by atoms with Crippen LogP contribution in [0, 0.1) is 13.8 Å². The van der Waals surface area contributed by atoms with E-state index in [0.29, 0.717) is 27.9 Å². The summed E-state index contributed by atoms with van der Waals surface area (Å²) in [4.78, 5) is 12.0. The second-order valence-corrected chi connectivity index (χ2v) is 8.34. The van der Waals surface area contributed by atoms with Crippen molar-refractivity contribution in [3.05, 3.63) is 80.4 Å². The van der Waals surface area contributed by atoms with Gasteiger partial charge in [-0.05, 0) is 54.8 Å². The second kappa shape index (κ2) is 8.53. The zero-order valence-electron chi connectivity index (χ0n) is 16.8. The lowest BCUT2D eigenvalue weighted by atomic mass is 10.0. The van der Waals surface area contributed by atoms with Crippen LogP contribution in [0.15, 0.2) is 56.8 Å². The first kappa shape index (κ1) is 20.5. The molecule has 0 amide bonds. The van der Waals surface area contributed by atoms with Gasteiger partial charge < -0.3 is 13.7 Å². The molecule has 0 radical (unpaired) electrons. The zero-order chi connectivity index (χ0) is 21.3. The first-order chi connectivity index (χ1) is 14.4. The second-order valence-electron chi connectivity index (χ2n) is 6.99. The van der Waals surface area contributed by atoms with E-state index in [0.717, 1.165) is 27.2 Å². The van der Waals surface area contributed by atoms with Gasteiger partial charge >= 0.3 is 5.63 Å². The topological polar surface area (TPSA) is 70.2 Å². The van der Waals surface area contributed by atoms with Crippen LogP contribution in [-0.4, -0.2) is 14.8 Å². The molecule has 30 heavy (non-hydrogen) atoms. The third kappa shape index (κ3) is 4.22. The molecule has 0 aliphatic heterocycles. The van der Waals surface area contributed by atoms with Crippen molar-refractivity contribution in [2.24, 2.45) is 7.05 Å². The van der Waals surface area contributed by atoms with Crippen molar-refractivity contribution in [3.63, 3.8) is 0 Å². The van der Waals surface area contributed by atoms with Crippen molar-refractivity contribution < 1.29 is 9.15 Å². The number of aromatic nitrogens is 3. The quantitative estimate of drug-likeness (QED) is 0.307. The molecule has 2 heterocycles. The summed E-state index contributed by atoms with van der Waals surface area (Å²) in [5, 5.41) is 10.7. The first-order valence-electron chi connectivity index (χ1n) is 9.35. The number of thioether (sulfide) groups is 1. The number of halogens is 1. The molecule has 0 atom stereocenters. The van der Waals surface area contributed by atoms with E-state index in [-0.39, 0.29) is 12.2 Å². The van der Waals surface area contributed by atoms with Gasteiger partial charge in [-0.1, -0.05) is 35.5 Å². The number of ether oxygens (including phenoxy) is 1. The summed E-state index contributed by atoms with van der Waals surface area (Å²) < 4.78 is 13.0. The van der Waals surface area contributed by atoms with Crippen molar-refractivity contribution in [2.45, 2.75) is 31.4 Å². The average Bonchev–Trinajstić information content (AvgIpc) is 3.06. The number of rotatable bonds is 6. The Morgan fingerprint density at radius 2 is 1.90 bits per heavy atom. The molecule has 2 aromatic carbocycles. The van der Waals surface area contributed by atoms with Gasteiger partial charge in [-0.25, -0.2) is 4.79 Å². The summed E-state index contributed by atoms with van der Waals surface area (Å²) in [5.41, 5.74) is 3.40. The van der Waals surface area contributed by atoms with Gasteiger partial charge in [0.1, 0.15) is 17.9 Å². The fourth-order valence-corrected chi connectivity index (χ4v) is 4.16. The number of aryl methyl sites for hydroxylation is 2. The van der Waals surface area contributed by atoms with Crippen molar-refractivity contribution >= 4 is 34.3 Å². The molecule has 8 heteroatoms. The maximum atomic E-state index is 12.0. The monoisotopic (exact) mass is 441 g/mol. The summed E-state index contributed by atoms with van der Waals surface area (Å²) in [6.45, 7) is 4.30. The van der Waals surface area contributed by atoms with Crippen LogP contribution in [0.2, 0.25) is 5.02 Å². The van der Waals surface area contributed by atoms with E-state index >= 15 is 0 Å². The fraction of sp³-hybridized carbons (Fsp3) is 0.227. The molecular formula is C22H20ClN3O3S. The molecule has 0 aliphatic rings. The summed E-state index contributed by atoms with van der Waals surface area (Å²) >= 11 is 7.64. The molecule has 0 unspecified atom stereocenters. The predicted molar refractivity (Wildman–Crippen MR) is 118 cm³/mol. The summed E-state index contributed by atoms with van der Waals surface area (Å²) in [5.74, 6) is 1.85. The molecule has 4 aromatic rings. The van der Waals surface area contributed by atoms with Gasteiger partial charge in [0.25, 0.3) is 0 Å². The highest BCUT2D eigenvalue weighted by molar-refractivity contribution is 7.98. The van der Waals surface area contributed by atoms with Crippen LogP contribution >= 0.6 is 23.4 Å². The molecule has 0 aliphatic carbocycles. The van der Waals surface area contributed by atoms with Gasteiger partial charge in [0.05, 0.1) is 5.02 Å². The average molecular weight is 442 g/mol. The number of hydrogen-bond donors (Lipinski definition) is 0. The molecule has 0 saturated carbocycles. The van der Waals surface area contributed by atoms with E-state index in [2.05, 4.69) is 16.3 Å². The number of nitrogens with zero attached hydrogens (tertiary/aromatic N) is 3. The van der Waals surface area contributed by atoms with E-state index < -0.39 is 0 Å². The molecule has 0 saturated heterocycles. The fourth-order valence-electron chi connectivity index (χ4n) is 3.05. The summed E-state index contributed by atoms with van der Waals surface area (Å²) in [6, 6.07) is 12.8. The minimum absolute atomic E-state index is 0.254. The minimum atomic E-state index is -0.354. The molecular weight excluding hydrogens is 422 g/mol. The molecule has 4 rings (SSSR count). The Bertz CT molecular complexity index is 1280. The Kier molecular flexibility index (Phi) is 5.83.